The Labute approximate surface area is 221 Å². The van der Waals surface area contributed by atoms with Crippen LogP contribution in [0.5, 0.6) is 0 Å². The van der Waals surface area contributed by atoms with Crippen molar-refractivity contribution in [2.24, 2.45) is 0 Å². The number of carbonyl (C=O) groups excluding carboxylic acids is 2. The van der Waals surface area contributed by atoms with Gasteiger partial charge in [-0.1, -0.05) is 60.7 Å². The zero-order valence-corrected chi connectivity index (χ0v) is 21.3. The number of hydrogen-bond acceptors (Lipinski definition) is 5. The second kappa shape index (κ2) is 12.7. The van der Waals surface area contributed by atoms with Gasteiger partial charge in [0.15, 0.2) is 0 Å². The number of amides is 1. The van der Waals surface area contributed by atoms with Crippen LogP contribution in [0.15, 0.2) is 85.1 Å². The van der Waals surface area contributed by atoms with Crippen molar-refractivity contribution in [3.8, 4) is 0 Å². The van der Waals surface area contributed by atoms with Crippen LogP contribution in [-0.2, 0) is 27.3 Å². The number of para-hydroxylation sites is 1. The molecule has 0 radical (unpaired) electrons. The molecule has 1 heterocycles. The predicted molar refractivity (Wildman–Crippen MR) is 146 cm³/mol. The summed E-state index contributed by atoms with van der Waals surface area (Å²) in [7, 11) is 0. The lowest BCUT2D eigenvalue weighted by molar-refractivity contribution is -0.384. The number of fused-ring (bicyclic) bond motifs is 1. The molecular formula is C30H31N3O5. The van der Waals surface area contributed by atoms with E-state index in [2.05, 4.69) is 40.3 Å². The Morgan fingerprint density at radius 1 is 1.03 bits per heavy atom. The summed E-state index contributed by atoms with van der Waals surface area (Å²) in [6.45, 7) is 2.68. The number of aryl methyl sites for hydroxylation is 1. The van der Waals surface area contributed by atoms with Crippen molar-refractivity contribution in [3.63, 3.8) is 0 Å². The van der Waals surface area contributed by atoms with Crippen LogP contribution in [0.4, 0.5) is 5.69 Å². The number of aromatic nitrogens is 1. The summed E-state index contributed by atoms with van der Waals surface area (Å²) in [5, 5.41) is 15.3. The van der Waals surface area contributed by atoms with Gasteiger partial charge in [-0.3, -0.25) is 19.7 Å². The van der Waals surface area contributed by atoms with Crippen molar-refractivity contribution in [2.45, 2.75) is 45.2 Å². The van der Waals surface area contributed by atoms with Gasteiger partial charge in [0.05, 0.1) is 24.0 Å². The van der Waals surface area contributed by atoms with Gasteiger partial charge in [-0.15, -0.1) is 0 Å². The zero-order chi connectivity index (χ0) is 26.9. The fourth-order valence-corrected chi connectivity index (χ4v) is 4.63. The van der Waals surface area contributed by atoms with Gasteiger partial charge >= 0.3 is 5.97 Å². The quantitative estimate of drug-likeness (QED) is 0.148. The van der Waals surface area contributed by atoms with E-state index in [-0.39, 0.29) is 31.0 Å². The molecule has 0 spiro atoms. The van der Waals surface area contributed by atoms with E-state index < -0.39 is 16.9 Å². The van der Waals surface area contributed by atoms with Crippen LogP contribution in [0, 0.1) is 10.1 Å². The second-order valence-electron chi connectivity index (χ2n) is 9.12. The number of benzene rings is 3. The SMILES string of the molecule is CCOC(=O)C[C@H](NC(=O)CCCc1cn(Cc2ccccc2)c2ccccc12)c1cccc([N+](=O)[O-])c1. The highest BCUT2D eigenvalue weighted by molar-refractivity contribution is 5.84. The molecule has 1 aromatic heterocycles. The number of ether oxygens (including phenoxy) is 1. The minimum atomic E-state index is -0.714. The third kappa shape index (κ3) is 6.85. The Morgan fingerprint density at radius 3 is 2.55 bits per heavy atom. The summed E-state index contributed by atoms with van der Waals surface area (Å²) in [5.41, 5.74) is 3.93. The number of carbonyl (C=O) groups is 2. The van der Waals surface area contributed by atoms with Gasteiger partial charge in [0.25, 0.3) is 5.69 Å². The van der Waals surface area contributed by atoms with E-state index >= 15 is 0 Å². The highest BCUT2D eigenvalue weighted by Gasteiger charge is 2.21. The molecule has 4 aromatic rings. The average Bonchev–Trinajstić information content (AvgIpc) is 3.26. The molecule has 0 aliphatic carbocycles. The first-order chi connectivity index (χ1) is 18.4. The van der Waals surface area contributed by atoms with E-state index in [1.165, 1.54) is 28.6 Å². The minimum absolute atomic E-state index is 0.0995. The van der Waals surface area contributed by atoms with Gasteiger partial charge in [-0.2, -0.15) is 0 Å². The van der Waals surface area contributed by atoms with Gasteiger partial charge in [0.1, 0.15) is 0 Å². The van der Waals surface area contributed by atoms with Crippen molar-refractivity contribution in [3.05, 3.63) is 112 Å². The van der Waals surface area contributed by atoms with Gasteiger partial charge in [0, 0.05) is 42.2 Å². The van der Waals surface area contributed by atoms with Crippen LogP contribution in [0.2, 0.25) is 0 Å². The summed E-state index contributed by atoms with van der Waals surface area (Å²) in [5.74, 6) is -0.700. The summed E-state index contributed by atoms with van der Waals surface area (Å²) >= 11 is 0. The number of nitro benzene ring substituents is 1. The molecule has 8 heteroatoms. The summed E-state index contributed by atoms with van der Waals surface area (Å²) in [6.07, 6.45) is 3.64. The number of rotatable bonds is 12. The molecule has 0 aliphatic rings. The molecule has 0 fully saturated rings. The fourth-order valence-electron chi connectivity index (χ4n) is 4.63. The molecule has 0 saturated carbocycles. The maximum atomic E-state index is 12.9. The monoisotopic (exact) mass is 513 g/mol. The highest BCUT2D eigenvalue weighted by Crippen LogP contribution is 2.25. The van der Waals surface area contributed by atoms with Gasteiger partial charge in [-0.25, -0.2) is 0 Å². The molecule has 1 N–H and O–H groups in total. The van der Waals surface area contributed by atoms with Gasteiger partial charge in [-0.05, 0) is 42.5 Å². The minimum Gasteiger partial charge on any atom is -0.466 e. The second-order valence-corrected chi connectivity index (χ2v) is 9.12. The molecule has 38 heavy (non-hydrogen) atoms. The molecule has 196 valence electrons. The van der Waals surface area contributed by atoms with Crippen molar-refractivity contribution >= 4 is 28.5 Å². The number of nitrogens with one attached hydrogen (secondary N) is 1. The first-order valence-electron chi connectivity index (χ1n) is 12.7. The smallest absolute Gasteiger partial charge is 0.308 e. The van der Waals surface area contributed by atoms with E-state index in [9.17, 15) is 19.7 Å². The average molecular weight is 514 g/mol. The normalized spacial score (nSPS) is 11.7. The van der Waals surface area contributed by atoms with Gasteiger partial charge in [0.2, 0.25) is 5.91 Å². The van der Waals surface area contributed by atoms with Crippen LogP contribution in [-0.4, -0.2) is 28.0 Å². The Hall–Kier alpha value is -4.46. The Morgan fingerprint density at radius 2 is 1.79 bits per heavy atom. The van der Waals surface area contributed by atoms with E-state index in [0.717, 1.165) is 18.5 Å². The van der Waals surface area contributed by atoms with Crippen LogP contribution in [0.25, 0.3) is 10.9 Å². The molecule has 0 saturated heterocycles. The largest absolute Gasteiger partial charge is 0.466 e. The Balaban J connectivity index is 1.42. The molecule has 8 nitrogen and oxygen atoms in total. The Kier molecular flexibility index (Phi) is 8.87. The summed E-state index contributed by atoms with van der Waals surface area (Å²) in [4.78, 5) is 35.8. The number of hydrogen-bond donors (Lipinski definition) is 1. The van der Waals surface area contributed by atoms with Crippen molar-refractivity contribution in [1.29, 1.82) is 0 Å². The van der Waals surface area contributed by atoms with Crippen molar-refractivity contribution in [2.75, 3.05) is 6.61 Å². The highest BCUT2D eigenvalue weighted by atomic mass is 16.6. The molecule has 4 rings (SSSR count). The predicted octanol–water partition coefficient (Wildman–Crippen LogP) is 5.73. The summed E-state index contributed by atoms with van der Waals surface area (Å²) < 4.78 is 7.29. The Bertz CT molecular complexity index is 1410. The molecule has 1 amide bonds. The molecular weight excluding hydrogens is 482 g/mol. The maximum absolute atomic E-state index is 12.9. The van der Waals surface area contributed by atoms with Crippen LogP contribution in [0.1, 0.15) is 48.9 Å². The van der Waals surface area contributed by atoms with Crippen LogP contribution in [0.3, 0.4) is 0 Å². The molecule has 3 aromatic carbocycles. The number of non-ortho nitro benzene ring substituents is 1. The standard InChI is InChI=1S/C30H31N3O5/c1-2-38-30(35)19-27(23-12-8-14-25(18-23)33(36)37)31-29(34)17-9-13-24-21-32(20-22-10-4-3-5-11-22)28-16-7-6-15-26(24)28/h3-8,10-12,14-16,18,21,27H,2,9,13,17,19-20H2,1H3,(H,31,34)/t27-/m0/s1. The third-order valence-electron chi connectivity index (χ3n) is 6.41. The van der Waals surface area contributed by atoms with Gasteiger partial charge < -0.3 is 14.6 Å². The summed E-state index contributed by atoms with van der Waals surface area (Å²) in [6, 6.07) is 23.8. The van der Waals surface area contributed by atoms with E-state index in [4.69, 9.17) is 4.74 Å². The molecule has 1 atom stereocenters. The number of nitro groups is 1. The zero-order valence-electron chi connectivity index (χ0n) is 21.3. The van der Waals surface area contributed by atoms with Crippen molar-refractivity contribution < 1.29 is 19.2 Å². The van der Waals surface area contributed by atoms with Crippen molar-refractivity contribution in [1.82, 2.24) is 9.88 Å². The lowest BCUT2D eigenvalue weighted by atomic mass is 10.0. The number of esters is 1. The fraction of sp³-hybridized carbons (Fsp3) is 0.267. The lowest BCUT2D eigenvalue weighted by Gasteiger charge is -2.18. The van der Waals surface area contributed by atoms with E-state index in [1.54, 1.807) is 19.1 Å². The topological polar surface area (TPSA) is 103 Å². The van der Waals surface area contributed by atoms with E-state index in [1.807, 2.05) is 30.3 Å². The first kappa shape index (κ1) is 26.6. The molecule has 0 bridgehead atoms. The molecule has 0 unspecified atom stereocenters. The maximum Gasteiger partial charge on any atom is 0.308 e. The van der Waals surface area contributed by atoms with E-state index in [0.29, 0.717) is 12.0 Å². The molecule has 0 aliphatic heterocycles. The van der Waals surface area contributed by atoms with Crippen LogP contribution < -0.4 is 5.32 Å². The third-order valence-corrected chi connectivity index (χ3v) is 6.41. The van der Waals surface area contributed by atoms with Crippen LogP contribution >= 0.6 is 0 Å². The first-order valence-corrected chi connectivity index (χ1v) is 12.7. The number of nitrogens with zero attached hydrogens (tertiary/aromatic N) is 2. The lowest BCUT2D eigenvalue weighted by Crippen LogP contribution is -2.30.